The largest absolute Gasteiger partial charge is 0.487 e. The minimum atomic E-state index is -4.79. The molecule has 0 aliphatic carbocycles. The molecule has 0 aliphatic rings. The Bertz CT molecular complexity index is 1550. The van der Waals surface area contributed by atoms with E-state index in [0.717, 1.165) is 32.2 Å². The Morgan fingerprint density at radius 3 is 2.51 bits per heavy atom. The molecule has 206 valence electrons. The van der Waals surface area contributed by atoms with E-state index in [1.165, 1.54) is 17.8 Å². The summed E-state index contributed by atoms with van der Waals surface area (Å²) in [5.41, 5.74) is -0.629. The van der Waals surface area contributed by atoms with E-state index in [1.54, 1.807) is 31.2 Å². The van der Waals surface area contributed by atoms with Crippen LogP contribution in [0.3, 0.4) is 0 Å². The maximum Gasteiger partial charge on any atom is 0.402 e. The van der Waals surface area contributed by atoms with Gasteiger partial charge >= 0.3 is 6.18 Å². The lowest BCUT2D eigenvalue weighted by Crippen LogP contribution is -2.47. The molecular weight excluding hydrogens is 543 g/mol. The van der Waals surface area contributed by atoms with E-state index in [-0.39, 0.29) is 22.8 Å². The van der Waals surface area contributed by atoms with Gasteiger partial charge in [0.05, 0.1) is 29.1 Å². The number of aromatic nitrogens is 3. The molecule has 0 saturated carbocycles. The van der Waals surface area contributed by atoms with Gasteiger partial charge in [-0.1, -0.05) is 23.7 Å². The van der Waals surface area contributed by atoms with E-state index < -0.39 is 35.2 Å². The summed E-state index contributed by atoms with van der Waals surface area (Å²) in [5, 5.41) is 6.91. The highest BCUT2D eigenvalue weighted by molar-refractivity contribution is 6.31. The molecule has 39 heavy (non-hydrogen) atoms. The average Bonchev–Trinajstić information content (AvgIpc) is 3.27. The van der Waals surface area contributed by atoms with Crippen molar-refractivity contribution in [3.8, 4) is 11.4 Å². The molecule has 4 aromatic rings. The summed E-state index contributed by atoms with van der Waals surface area (Å²) >= 11 is 6.32. The maximum absolute atomic E-state index is 14.3. The van der Waals surface area contributed by atoms with Crippen molar-refractivity contribution < 1.29 is 31.5 Å². The molecule has 0 bridgehead atoms. The second kappa shape index (κ2) is 10.4. The molecule has 2 heterocycles. The highest BCUT2D eigenvalue weighted by atomic mass is 35.5. The van der Waals surface area contributed by atoms with Crippen molar-refractivity contribution >= 4 is 28.4 Å². The number of aryl methyl sites for hydroxylation is 1. The topological polar surface area (TPSA) is 69.0 Å². The van der Waals surface area contributed by atoms with Crippen molar-refractivity contribution in [3.05, 3.63) is 82.3 Å². The van der Waals surface area contributed by atoms with Gasteiger partial charge in [0.1, 0.15) is 29.1 Å². The minimum Gasteiger partial charge on any atom is -0.487 e. The summed E-state index contributed by atoms with van der Waals surface area (Å²) in [7, 11) is 0. The molecule has 4 rings (SSSR count). The quantitative estimate of drug-likeness (QED) is 0.244. The van der Waals surface area contributed by atoms with Crippen LogP contribution < -0.4 is 10.1 Å². The average molecular weight is 567 g/mol. The number of amides is 1. The fraction of sp³-hybridized carbons (Fsp3) is 0.296. The first-order valence-corrected chi connectivity index (χ1v) is 12.2. The summed E-state index contributed by atoms with van der Waals surface area (Å²) in [4.78, 5) is 17.0. The molecule has 1 N–H and O–H groups in total. The van der Waals surface area contributed by atoms with E-state index in [2.05, 4.69) is 15.4 Å². The van der Waals surface area contributed by atoms with Crippen LogP contribution in [0.1, 0.15) is 43.6 Å². The molecule has 1 atom stereocenters. The minimum absolute atomic E-state index is 0.0294. The van der Waals surface area contributed by atoms with Crippen LogP contribution in [0.25, 0.3) is 16.6 Å². The Morgan fingerprint density at radius 1 is 1.15 bits per heavy atom. The van der Waals surface area contributed by atoms with Gasteiger partial charge in [0, 0.05) is 16.6 Å². The van der Waals surface area contributed by atoms with Gasteiger partial charge in [-0.2, -0.15) is 18.3 Å². The number of carbonyl (C=O) groups is 1. The molecule has 0 saturated heterocycles. The number of para-hydroxylation sites is 1. The number of nitrogens with zero attached hydrogens (tertiary/aromatic N) is 3. The van der Waals surface area contributed by atoms with Gasteiger partial charge in [0.2, 0.25) is 5.91 Å². The molecule has 0 radical (unpaired) electrons. The van der Waals surface area contributed by atoms with Gasteiger partial charge in [-0.25, -0.2) is 18.4 Å². The predicted molar refractivity (Wildman–Crippen MR) is 136 cm³/mol. The Kier molecular flexibility index (Phi) is 7.57. The van der Waals surface area contributed by atoms with Crippen LogP contribution >= 0.6 is 11.6 Å². The Labute approximate surface area is 225 Å². The number of hydrogen-bond acceptors (Lipinski definition) is 4. The highest BCUT2D eigenvalue weighted by Gasteiger charge is 2.53. The van der Waals surface area contributed by atoms with E-state index in [0.29, 0.717) is 28.0 Å². The third kappa shape index (κ3) is 5.68. The first-order valence-electron chi connectivity index (χ1n) is 11.8. The summed E-state index contributed by atoms with van der Waals surface area (Å²) in [6, 6.07) is 7.96. The van der Waals surface area contributed by atoms with Crippen LogP contribution in [0.5, 0.6) is 5.75 Å². The second-order valence-corrected chi connectivity index (χ2v) is 10.0. The SMILES string of the molecule is Cc1cc(-n2cc(F)cn2)c2cccc(OCc3c(Cl)cc(F)cc3[C@H](C)NC(=O)C(C)(C)C(F)(F)F)c2n1. The van der Waals surface area contributed by atoms with E-state index in [1.807, 2.05) is 0 Å². The number of alkyl halides is 3. The molecule has 6 nitrogen and oxygen atoms in total. The highest BCUT2D eigenvalue weighted by Crippen LogP contribution is 2.39. The Hall–Kier alpha value is -3.73. The number of ether oxygens (including phenoxy) is 1. The fourth-order valence-electron chi connectivity index (χ4n) is 3.96. The maximum atomic E-state index is 14.3. The standard InChI is InChI=1S/C27H24ClF5N4O2/c1-14-8-22(37-12-17(30)11-34-37)18-6-5-7-23(24(18)35-14)39-13-20-19(9-16(29)10-21(20)28)15(2)36-25(38)26(3,4)27(31,32)33/h5-12,15H,13H2,1-4H3,(H,36,38)/t15-/m0/s1. The van der Waals surface area contributed by atoms with Gasteiger partial charge in [0.15, 0.2) is 5.82 Å². The van der Waals surface area contributed by atoms with Crippen LogP contribution in [0.15, 0.2) is 48.8 Å². The fourth-order valence-corrected chi connectivity index (χ4v) is 4.23. The number of pyridine rings is 1. The lowest BCUT2D eigenvalue weighted by atomic mass is 9.90. The van der Waals surface area contributed by atoms with Crippen LogP contribution in [0, 0.1) is 24.0 Å². The molecule has 0 spiro atoms. The van der Waals surface area contributed by atoms with Crippen LogP contribution in [-0.4, -0.2) is 26.8 Å². The van der Waals surface area contributed by atoms with E-state index >= 15 is 0 Å². The van der Waals surface area contributed by atoms with Gasteiger partial charge in [-0.3, -0.25) is 4.79 Å². The van der Waals surface area contributed by atoms with Gasteiger partial charge in [-0.05, 0) is 57.5 Å². The molecular formula is C27H24ClF5N4O2. The normalized spacial score (nSPS) is 13.0. The van der Waals surface area contributed by atoms with Crippen LogP contribution in [-0.2, 0) is 11.4 Å². The zero-order chi connectivity index (χ0) is 28.7. The van der Waals surface area contributed by atoms with Crippen molar-refractivity contribution in [3.63, 3.8) is 0 Å². The van der Waals surface area contributed by atoms with Gasteiger partial charge in [0.25, 0.3) is 0 Å². The zero-order valence-corrected chi connectivity index (χ0v) is 22.1. The number of nitrogens with one attached hydrogen (secondary N) is 1. The van der Waals surface area contributed by atoms with Gasteiger partial charge in [-0.15, -0.1) is 0 Å². The third-order valence-corrected chi connectivity index (χ3v) is 6.70. The number of carbonyl (C=O) groups excluding carboxylic acids is 1. The third-order valence-electron chi connectivity index (χ3n) is 6.36. The van der Waals surface area contributed by atoms with Crippen molar-refractivity contribution in [1.82, 2.24) is 20.1 Å². The Morgan fingerprint density at radius 2 is 1.87 bits per heavy atom. The van der Waals surface area contributed by atoms with Gasteiger partial charge < -0.3 is 10.1 Å². The lowest BCUT2D eigenvalue weighted by Gasteiger charge is -2.29. The summed E-state index contributed by atoms with van der Waals surface area (Å²) in [5.74, 6) is -2.19. The molecule has 1 amide bonds. The van der Waals surface area contributed by atoms with Crippen molar-refractivity contribution in [2.45, 2.75) is 46.5 Å². The number of fused-ring (bicyclic) bond motifs is 1. The van der Waals surface area contributed by atoms with Crippen LogP contribution in [0.2, 0.25) is 5.02 Å². The predicted octanol–water partition coefficient (Wildman–Crippen LogP) is 7.01. The Balaban J connectivity index is 1.67. The first kappa shape index (κ1) is 28.3. The van der Waals surface area contributed by atoms with E-state index in [9.17, 15) is 26.7 Å². The number of hydrogen-bond donors (Lipinski definition) is 1. The smallest absolute Gasteiger partial charge is 0.402 e. The second-order valence-electron chi connectivity index (χ2n) is 9.60. The number of halogens is 6. The zero-order valence-electron chi connectivity index (χ0n) is 21.3. The molecule has 12 heteroatoms. The molecule has 0 fully saturated rings. The summed E-state index contributed by atoms with van der Waals surface area (Å²) < 4.78 is 75.4. The molecule has 0 unspecified atom stereocenters. The lowest BCUT2D eigenvalue weighted by molar-refractivity contribution is -0.211. The van der Waals surface area contributed by atoms with Crippen molar-refractivity contribution in [1.29, 1.82) is 0 Å². The van der Waals surface area contributed by atoms with E-state index in [4.69, 9.17) is 16.3 Å². The first-order chi connectivity index (χ1) is 18.2. The van der Waals surface area contributed by atoms with Crippen LogP contribution in [0.4, 0.5) is 22.0 Å². The summed E-state index contributed by atoms with van der Waals surface area (Å²) in [6.07, 6.45) is -2.49. The molecule has 2 aromatic carbocycles. The monoisotopic (exact) mass is 566 g/mol. The van der Waals surface area contributed by atoms with Crippen molar-refractivity contribution in [2.75, 3.05) is 0 Å². The number of rotatable bonds is 7. The summed E-state index contributed by atoms with van der Waals surface area (Å²) in [6.45, 7) is 4.49. The molecule has 0 aliphatic heterocycles. The molecule has 2 aromatic heterocycles. The number of benzene rings is 2. The van der Waals surface area contributed by atoms with Crippen molar-refractivity contribution in [2.24, 2.45) is 5.41 Å².